The predicted octanol–water partition coefficient (Wildman–Crippen LogP) is 3.06. The van der Waals surface area contributed by atoms with Gasteiger partial charge in [-0.1, -0.05) is 44.2 Å². The maximum Gasteiger partial charge on any atom is 0.276 e. The second-order valence-electron chi connectivity index (χ2n) is 6.36. The van der Waals surface area contributed by atoms with E-state index in [0.717, 1.165) is 5.56 Å². The molecule has 8 heteroatoms. The molecule has 0 bridgehead atoms. The summed E-state index contributed by atoms with van der Waals surface area (Å²) in [4.78, 5) is 23.7. The molecule has 29 heavy (non-hydrogen) atoms. The number of amides is 2. The second kappa shape index (κ2) is 10.9. The number of rotatable bonds is 6. The number of benzene rings is 2. The van der Waals surface area contributed by atoms with Crippen molar-refractivity contribution in [3.8, 4) is 5.75 Å². The molecule has 0 unspecified atom stereocenters. The third-order valence-corrected chi connectivity index (χ3v) is 3.95. The molecule has 0 fully saturated rings. The average Bonchev–Trinajstić information content (AvgIpc) is 2.70. The fourth-order valence-electron chi connectivity index (χ4n) is 2.33. The Bertz CT molecular complexity index is 898. The van der Waals surface area contributed by atoms with Gasteiger partial charge in [0.2, 0.25) is 5.91 Å². The molecule has 0 aromatic heterocycles. The molecule has 0 spiro atoms. The zero-order valence-corrected chi connectivity index (χ0v) is 16.9. The Balaban J connectivity index is 1.73. The van der Waals surface area contributed by atoms with Gasteiger partial charge in [0.15, 0.2) is 11.7 Å². The van der Waals surface area contributed by atoms with Gasteiger partial charge in [0.25, 0.3) is 5.91 Å². The van der Waals surface area contributed by atoms with Gasteiger partial charge in [0, 0.05) is 6.08 Å². The molecule has 6 nitrogen and oxygen atoms in total. The Morgan fingerprint density at radius 2 is 1.79 bits per heavy atom. The van der Waals surface area contributed by atoms with Gasteiger partial charge in [-0.15, -0.1) is 0 Å². The molecule has 0 atom stereocenters. The lowest BCUT2D eigenvalue weighted by Gasteiger charge is -2.14. The maximum atomic E-state index is 12.8. The number of hydrogen-bond acceptors (Lipinski definition) is 4. The van der Waals surface area contributed by atoms with E-state index < -0.39 is 11.8 Å². The minimum absolute atomic E-state index is 0.0744. The number of hydrogen-bond donors (Lipinski definition) is 3. The summed E-state index contributed by atoms with van der Waals surface area (Å²) >= 11 is 4.95. The van der Waals surface area contributed by atoms with E-state index in [1.165, 1.54) is 36.4 Å². The normalized spacial score (nSPS) is 10.6. The molecule has 0 saturated carbocycles. The molecule has 2 aromatic rings. The molecule has 0 heterocycles. The van der Waals surface area contributed by atoms with Crippen molar-refractivity contribution < 1.29 is 18.7 Å². The number of hydrazine groups is 1. The Hall–Kier alpha value is -3.26. The minimum atomic E-state index is -0.497. The van der Waals surface area contributed by atoms with E-state index in [4.69, 9.17) is 17.0 Å². The fraction of sp³-hybridized carbons (Fsp3) is 0.190. The molecule has 0 aliphatic heterocycles. The molecule has 0 radical (unpaired) electrons. The lowest BCUT2D eigenvalue weighted by molar-refractivity contribution is -0.123. The van der Waals surface area contributed by atoms with Gasteiger partial charge in [0.1, 0.15) is 11.6 Å². The Kier molecular flexibility index (Phi) is 8.29. The summed E-state index contributed by atoms with van der Waals surface area (Å²) < 4.78 is 18.4. The summed E-state index contributed by atoms with van der Waals surface area (Å²) in [6, 6.07) is 13.1. The number of thiocarbonyl (C=S) groups is 1. The highest BCUT2D eigenvalue weighted by Gasteiger charge is 2.09. The van der Waals surface area contributed by atoms with Crippen molar-refractivity contribution in [3.63, 3.8) is 0 Å². The third-order valence-electron chi connectivity index (χ3n) is 3.75. The summed E-state index contributed by atoms with van der Waals surface area (Å²) in [6.07, 6.45) is 2.75. The number of para-hydroxylation sites is 1. The SMILES string of the molecule is CC(C)c1ccccc1OCC(=O)NNC(=S)NC(=O)/C=C/c1ccc(F)cc1. The van der Waals surface area contributed by atoms with Crippen LogP contribution in [-0.2, 0) is 9.59 Å². The van der Waals surface area contributed by atoms with E-state index in [-0.39, 0.29) is 23.5 Å². The average molecular weight is 415 g/mol. The first-order valence-corrected chi connectivity index (χ1v) is 9.31. The molecule has 2 rings (SSSR count). The second-order valence-corrected chi connectivity index (χ2v) is 6.77. The Labute approximate surface area is 174 Å². The molecule has 0 aliphatic carbocycles. The van der Waals surface area contributed by atoms with E-state index in [2.05, 4.69) is 16.2 Å². The fourth-order valence-corrected chi connectivity index (χ4v) is 2.48. The summed E-state index contributed by atoms with van der Waals surface area (Å²) in [5.41, 5.74) is 6.44. The number of carbonyl (C=O) groups excluding carboxylic acids is 2. The smallest absolute Gasteiger partial charge is 0.276 e. The minimum Gasteiger partial charge on any atom is -0.483 e. The highest BCUT2D eigenvalue weighted by atomic mass is 32.1. The first-order valence-electron chi connectivity index (χ1n) is 8.90. The largest absolute Gasteiger partial charge is 0.483 e. The van der Waals surface area contributed by atoms with Gasteiger partial charge in [-0.05, 0) is 53.5 Å². The van der Waals surface area contributed by atoms with E-state index >= 15 is 0 Å². The number of carbonyl (C=O) groups is 2. The van der Waals surface area contributed by atoms with Crippen molar-refractivity contribution >= 4 is 35.2 Å². The van der Waals surface area contributed by atoms with Crippen LogP contribution in [0, 0.1) is 5.82 Å². The maximum absolute atomic E-state index is 12.8. The van der Waals surface area contributed by atoms with Gasteiger partial charge in [-0.2, -0.15) is 0 Å². The van der Waals surface area contributed by atoms with E-state index in [1.54, 1.807) is 6.07 Å². The standard InChI is InChI=1S/C21H22FN3O3S/c1-14(2)17-5-3-4-6-18(17)28-13-20(27)24-25-21(29)23-19(26)12-9-15-7-10-16(22)11-8-15/h3-12,14H,13H2,1-2H3,(H,24,27)(H2,23,25,26,29)/b12-9+. The molecule has 0 aliphatic rings. The lowest BCUT2D eigenvalue weighted by Crippen LogP contribution is -2.49. The molecular formula is C21H22FN3O3S. The monoisotopic (exact) mass is 415 g/mol. The molecule has 0 saturated heterocycles. The van der Waals surface area contributed by atoms with Crippen LogP contribution in [0.15, 0.2) is 54.6 Å². The Morgan fingerprint density at radius 1 is 1.10 bits per heavy atom. The summed E-state index contributed by atoms with van der Waals surface area (Å²) in [5.74, 6) is -0.410. The van der Waals surface area contributed by atoms with Crippen LogP contribution in [0.1, 0.15) is 30.9 Å². The number of nitrogens with one attached hydrogen (secondary N) is 3. The predicted molar refractivity (Wildman–Crippen MR) is 113 cm³/mol. The van der Waals surface area contributed by atoms with Crippen molar-refractivity contribution in [1.29, 1.82) is 0 Å². The van der Waals surface area contributed by atoms with Crippen LogP contribution in [0.2, 0.25) is 0 Å². The van der Waals surface area contributed by atoms with Gasteiger partial charge < -0.3 is 4.74 Å². The van der Waals surface area contributed by atoms with Crippen LogP contribution in [0.5, 0.6) is 5.75 Å². The van der Waals surface area contributed by atoms with Crippen LogP contribution in [0.3, 0.4) is 0 Å². The highest BCUT2D eigenvalue weighted by Crippen LogP contribution is 2.25. The van der Waals surface area contributed by atoms with Crippen molar-refractivity contribution in [2.45, 2.75) is 19.8 Å². The number of halogens is 1. The first-order chi connectivity index (χ1) is 13.8. The summed E-state index contributed by atoms with van der Waals surface area (Å²) in [5, 5.41) is 2.31. The van der Waals surface area contributed by atoms with Crippen molar-refractivity contribution in [1.82, 2.24) is 16.2 Å². The quantitative estimate of drug-likeness (QED) is 0.384. The third kappa shape index (κ3) is 7.71. The first kappa shape index (κ1) is 22.0. The molecule has 3 N–H and O–H groups in total. The van der Waals surface area contributed by atoms with Gasteiger partial charge in [-0.25, -0.2) is 4.39 Å². The van der Waals surface area contributed by atoms with Crippen molar-refractivity contribution in [2.24, 2.45) is 0 Å². The van der Waals surface area contributed by atoms with Crippen LogP contribution < -0.4 is 20.9 Å². The molecule has 152 valence electrons. The lowest BCUT2D eigenvalue weighted by atomic mass is 10.0. The van der Waals surface area contributed by atoms with Crippen molar-refractivity contribution in [3.05, 3.63) is 71.6 Å². The van der Waals surface area contributed by atoms with Crippen LogP contribution in [0.25, 0.3) is 6.08 Å². The van der Waals surface area contributed by atoms with Crippen molar-refractivity contribution in [2.75, 3.05) is 6.61 Å². The molecule has 2 amide bonds. The van der Waals surface area contributed by atoms with Gasteiger partial charge >= 0.3 is 0 Å². The number of ether oxygens (including phenoxy) is 1. The highest BCUT2D eigenvalue weighted by molar-refractivity contribution is 7.80. The zero-order valence-electron chi connectivity index (χ0n) is 16.1. The summed E-state index contributed by atoms with van der Waals surface area (Å²) in [7, 11) is 0. The van der Waals surface area contributed by atoms with Crippen LogP contribution in [-0.4, -0.2) is 23.5 Å². The van der Waals surface area contributed by atoms with Crippen LogP contribution >= 0.6 is 12.2 Å². The zero-order chi connectivity index (χ0) is 21.2. The van der Waals surface area contributed by atoms with E-state index in [1.807, 2.05) is 32.0 Å². The molecular weight excluding hydrogens is 393 g/mol. The Morgan fingerprint density at radius 3 is 2.48 bits per heavy atom. The topological polar surface area (TPSA) is 79.5 Å². The van der Waals surface area contributed by atoms with E-state index in [9.17, 15) is 14.0 Å². The van der Waals surface area contributed by atoms with Gasteiger partial charge in [0.05, 0.1) is 0 Å². The summed E-state index contributed by atoms with van der Waals surface area (Å²) in [6.45, 7) is 3.86. The van der Waals surface area contributed by atoms with E-state index in [0.29, 0.717) is 11.3 Å². The molecule has 2 aromatic carbocycles. The van der Waals surface area contributed by atoms with Gasteiger partial charge in [-0.3, -0.25) is 25.8 Å². The van der Waals surface area contributed by atoms with Crippen LogP contribution in [0.4, 0.5) is 4.39 Å².